The number of hydrogen-bond acceptors (Lipinski definition) is 4. The lowest BCUT2D eigenvalue weighted by atomic mass is 10.0. The van der Waals surface area contributed by atoms with Crippen molar-refractivity contribution in [2.45, 2.75) is 13.8 Å². The predicted octanol–water partition coefficient (Wildman–Crippen LogP) is 6.89. The van der Waals surface area contributed by atoms with Crippen molar-refractivity contribution in [3.8, 4) is 22.5 Å². The van der Waals surface area contributed by atoms with Gasteiger partial charge in [-0.15, -0.1) is 11.3 Å². The number of aromatic nitrogens is 2. The standard InChI is InChI=1S/C27H21N3OS/c1-17-9-8-12-20(15-17)24-16-22(21-13-6-7-14-23(21)28-24)26(31)30-27-29-25(18(2)32-27)19-10-4-3-5-11-19/h3-16H,1-2H3,(H,29,30,31). The summed E-state index contributed by atoms with van der Waals surface area (Å²) in [5.74, 6) is -0.189. The van der Waals surface area contributed by atoms with Crippen molar-refractivity contribution in [3.63, 3.8) is 0 Å². The fourth-order valence-corrected chi connectivity index (χ4v) is 4.62. The van der Waals surface area contributed by atoms with Gasteiger partial charge in [0.15, 0.2) is 5.13 Å². The van der Waals surface area contributed by atoms with E-state index in [-0.39, 0.29) is 5.91 Å². The van der Waals surface area contributed by atoms with E-state index in [0.717, 1.165) is 43.9 Å². The predicted molar refractivity (Wildman–Crippen MR) is 132 cm³/mol. The summed E-state index contributed by atoms with van der Waals surface area (Å²) in [6.45, 7) is 4.07. The number of carbonyl (C=O) groups is 1. The van der Waals surface area contributed by atoms with Gasteiger partial charge in [0, 0.05) is 21.4 Å². The summed E-state index contributed by atoms with van der Waals surface area (Å²) in [5.41, 5.74) is 6.22. The molecule has 2 aromatic heterocycles. The minimum atomic E-state index is -0.189. The van der Waals surface area contributed by atoms with E-state index < -0.39 is 0 Å². The molecular formula is C27H21N3OS. The van der Waals surface area contributed by atoms with E-state index in [4.69, 9.17) is 4.98 Å². The maximum Gasteiger partial charge on any atom is 0.258 e. The maximum atomic E-state index is 13.4. The highest BCUT2D eigenvalue weighted by atomic mass is 32.1. The molecule has 0 radical (unpaired) electrons. The molecule has 1 amide bonds. The van der Waals surface area contributed by atoms with Crippen molar-refractivity contribution in [1.82, 2.24) is 9.97 Å². The monoisotopic (exact) mass is 435 g/mol. The maximum absolute atomic E-state index is 13.4. The van der Waals surface area contributed by atoms with Crippen LogP contribution in [0.2, 0.25) is 0 Å². The van der Waals surface area contributed by atoms with Crippen LogP contribution < -0.4 is 5.32 Å². The summed E-state index contributed by atoms with van der Waals surface area (Å²) < 4.78 is 0. The summed E-state index contributed by atoms with van der Waals surface area (Å²) in [6.07, 6.45) is 0. The molecule has 0 bridgehead atoms. The lowest BCUT2D eigenvalue weighted by Gasteiger charge is -2.10. The van der Waals surface area contributed by atoms with Crippen LogP contribution in [0.25, 0.3) is 33.4 Å². The number of anilines is 1. The van der Waals surface area contributed by atoms with Crippen molar-refractivity contribution in [2.24, 2.45) is 0 Å². The van der Waals surface area contributed by atoms with Gasteiger partial charge in [-0.3, -0.25) is 10.1 Å². The number of para-hydroxylation sites is 1. The summed E-state index contributed by atoms with van der Waals surface area (Å²) in [6, 6.07) is 27.8. The Labute approximate surface area is 190 Å². The van der Waals surface area contributed by atoms with Crippen LogP contribution >= 0.6 is 11.3 Å². The highest BCUT2D eigenvalue weighted by molar-refractivity contribution is 7.16. The van der Waals surface area contributed by atoms with Crippen molar-refractivity contribution in [2.75, 3.05) is 5.32 Å². The van der Waals surface area contributed by atoms with Crippen molar-refractivity contribution in [1.29, 1.82) is 0 Å². The molecule has 0 aliphatic carbocycles. The van der Waals surface area contributed by atoms with Gasteiger partial charge in [0.2, 0.25) is 0 Å². The first-order chi connectivity index (χ1) is 15.6. The normalized spacial score (nSPS) is 10.9. The molecule has 0 aliphatic heterocycles. The Morgan fingerprint density at radius 1 is 0.812 bits per heavy atom. The third-order valence-corrected chi connectivity index (χ3v) is 6.23. The van der Waals surface area contributed by atoms with Crippen molar-refractivity contribution in [3.05, 3.63) is 101 Å². The summed E-state index contributed by atoms with van der Waals surface area (Å²) in [4.78, 5) is 23.9. The zero-order valence-electron chi connectivity index (χ0n) is 17.8. The summed E-state index contributed by atoms with van der Waals surface area (Å²) in [7, 11) is 0. The second kappa shape index (κ2) is 8.36. The molecule has 0 spiro atoms. The topological polar surface area (TPSA) is 54.9 Å². The Morgan fingerprint density at radius 2 is 1.56 bits per heavy atom. The third kappa shape index (κ3) is 3.90. The average molecular weight is 436 g/mol. The first-order valence-electron chi connectivity index (χ1n) is 10.4. The number of hydrogen-bond donors (Lipinski definition) is 1. The molecule has 0 fully saturated rings. The molecule has 156 valence electrons. The zero-order valence-corrected chi connectivity index (χ0v) is 18.6. The molecule has 32 heavy (non-hydrogen) atoms. The van der Waals surface area contributed by atoms with Gasteiger partial charge in [0.25, 0.3) is 5.91 Å². The largest absolute Gasteiger partial charge is 0.298 e. The van der Waals surface area contributed by atoms with E-state index in [1.54, 1.807) is 0 Å². The van der Waals surface area contributed by atoms with Crippen LogP contribution in [0.4, 0.5) is 5.13 Å². The van der Waals surface area contributed by atoms with E-state index >= 15 is 0 Å². The van der Waals surface area contributed by atoms with E-state index in [0.29, 0.717) is 10.7 Å². The number of nitrogens with zero attached hydrogens (tertiary/aromatic N) is 2. The van der Waals surface area contributed by atoms with Crippen LogP contribution in [0.1, 0.15) is 20.8 Å². The van der Waals surface area contributed by atoms with Crippen LogP contribution in [-0.2, 0) is 0 Å². The first kappa shape index (κ1) is 20.1. The molecule has 0 saturated carbocycles. The number of fused-ring (bicyclic) bond motifs is 1. The molecule has 3 aromatic carbocycles. The second-order valence-electron chi connectivity index (χ2n) is 7.69. The van der Waals surface area contributed by atoms with E-state index in [2.05, 4.69) is 16.4 Å². The summed E-state index contributed by atoms with van der Waals surface area (Å²) in [5, 5.41) is 4.42. The fraction of sp³-hybridized carbons (Fsp3) is 0.0741. The number of nitrogens with one attached hydrogen (secondary N) is 1. The van der Waals surface area contributed by atoms with Crippen LogP contribution in [0.3, 0.4) is 0 Å². The van der Waals surface area contributed by atoms with Gasteiger partial charge in [-0.2, -0.15) is 0 Å². The molecule has 0 saturated heterocycles. The van der Waals surface area contributed by atoms with Crippen LogP contribution in [0.5, 0.6) is 0 Å². The molecule has 0 unspecified atom stereocenters. The Kier molecular flexibility index (Phi) is 5.25. The second-order valence-corrected chi connectivity index (χ2v) is 8.89. The molecule has 1 N–H and O–H groups in total. The highest BCUT2D eigenvalue weighted by Crippen LogP contribution is 2.31. The SMILES string of the molecule is Cc1cccc(-c2cc(C(=O)Nc3nc(-c4ccccc4)c(C)s3)c3ccccc3n2)c1. The first-order valence-corrected chi connectivity index (χ1v) is 11.2. The van der Waals surface area contributed by atoms with Gasteiger partial charge in [-0.05, 0) is 32.0 Å². The van der Waals surface area contributed by atoms with Gasteiger partial charge in [-0.1, -0.05) is 72.3 Å². The van der Waals surface area contributed by atoms with Crippen LogP contribution in [-0.4, -0.2) is 15.9 Å². The number of thiazole rings is 1. The minimum Gasteiger partial charge on any atom is -0.298 e. The Hall–Kier alpha value is -3.83. The average Bonchev–Trinajstić information content (AvgIpc) is 3.18. The number of benzene rings is 3. The molecule has 0 aliphatic rings. The minimum absolute atomic E-state index is 0.189. The lowest BCUT2D eigenvalue weighted by Crippen LogP contribution is -2.13. The smallest absolute Gasteiger partial charge is 0.258 e. The number of aryl methyl sites for hydroxylation is 2. The Morgan fingerprint density at radius 3 is 2.38 bits per heavy atom. The highest BCUT2D eigenvalue weighted by Gasteiger charge is 2.17. The molecule has 2 heterocycles. The van der Waals surface area contributed by atoms with Crippen molar-refractivity contribution < 1.29 is 4.79 Å². The summed E-state index contributed by atoms with van der Waals surface area (Å²) >= 11 is 1.48. The molecule has 5 rings (SSSR count). The van der Waals surface area contributed by atoms with Gasteiger partial charge in [-0.25, -0.2) is 9.97 Å². The van der Waals surface area contributed by atoms with E-state index in [1.165, 1.54) is 11.3 Å². The Bertz CT molecular complexity index is 1440. The fourth-order valence-electron chi connectivity index (χ4n) is 3.79. The molecule has 4 nitrogen and oxygen atoms in total. The van der Waals surface area contributed by atoms with E-state index in [9.17, 15) is 4.79 Å². The number of rotatable bonds is 4. The molecule has 5 heteroatoms. The Balaban J connectivity index is 1.54. The zero-order chi connectivity index (χ0) is 22.1. The van der Waals surface area contributed by atoms with Crippen molar-refractivity contribution >= 4 is 33.3 Å². The van der Waals surface area contributed by atoms with Gasteiger partial charge >= 0.3 is 0 Å². The van der Waals surface area contributed by atoms with Gasteiger partial charge in [0.1, 0.15) is 0 Å². The van der Waals surface area contributed by atoms with Gasteiger partial charge < -0.3 is 0 Å². The quantitative estimate of drug-likeness (QED) is 0.334. The number of amides is 1. The van der Waals surface area contributed by atoms with E-state index in [1.807, 2.05) is 92.7 Å². The molecule has 0 atom stereocenters. The molecular weight excluding hydrogens is 414 g/mol. The third-order valence-electron chi connectivity index (χ3n) is 5.34. The van der Waals surface area contributed by atoms with Crippen LogP contribution in [0, 0.1) is 13.8 Å². The number of pyridine rings is 1. The van der Waals surface area contributed by atoms with Crippen LogP contribution in [0.15, 0.2) is 84.9 Å². The molecule has 5 aromatic rings. The lowest BCUT2D eigenvalue weighted by molar-refractivity contribution is 0.102. The number of carbonyl (C=O) groups excluding carboxylic acids is 1. The van der Waals surface area contributed by atoms with Gasteiger partial charge in [0.05, 0.1) is 22.5 Å².